The lowest BCUT2D eigenvalue weighted by molar-refractivity contribution is 0.0517. The number of nitrogens with zero attached hydrogens (tertiary/aromatic N) is 2. The van der Waals surface area contributed by atoms with Crippen molar-refractivity contribution >= 4 is 23.2 Å². The Bertz CT molecular complexity index is 1080. The fourth-order valence-corrected chi connectivity index (χ4v) is 3.93. The van der Waals surface area contributed by atoms with Gasteiger partial charge in [0.1, 0.15) is 5.69 Å². The highest BCUT2D eigenvalue weighted by atomic mass is 16.5. The number of H-pyrrole nitrogens is 1. The molecule has 2 aliphatic heterocycles. The van der Waals surface area contributed by atoms with Crippen molar-refractivity contribution in [2.75, 3.05) is 43.1 Å². The van der Waals surface area contributed by atoms with Crippen LogP contribution < -0.4 is 15.6 Å². The Kier molecular flexibility index (Phi) is 6.03. The van der Waals surface area contributed by atoms with Gasteiger partial charge in [-0.25, -0.2) is 0 Å². The maximum atomic E-state index is 13.0. The minimum absolute atomic E-state index is 0.0796. The minimum atomic E-state index is -0.861. The van der Waals surface area contributed by atoms with Crippen molar-refractivity contribution in [3.8, 4) is 0 Å². The van der Waals surface area contributed by atoms with Crippen LogP contribution >= 0.6 is 0 Å². The number of morpholine rings is 1. The number of pyridine rings is 1. The summed E-state index contributed by atoms with van der Waals surface area (Å²) in [6.07, 6.45) is 1.90. The van der Waals surface area contributed by atoms with Crippen LogP contribution in [0, 0.1) is 0 Å². The van der Waals surface area contributed by atoms with Crippen molar-refractivity contribution in [2.24, 2.45) is 0 Å². The lowest BCUT2D eigenvalue weighted by Gasteiger charge is -2.31. The predicted octanol–water partition coefficient (Wildman–Crippen LogP) is 1.58. The Morgan fingerprint density at radius 1 is 1.22 bits per heavy atom. The second kappa shape index (κ2) is 8.76. The molecule has 0 radical (unpaired) electrons. The molecule has 9 nitrogen and oxygen atoms in total. The molecule has 0 unspecified atom stereocenters. The number of aromatic nitrogens is 1. The van der Waals surface area contributed by atoms with Gasteiger partial charge in [0.25, 0.3) is 11.8 Å². The SMILES string of the molecule is CC(C)(O)CCN1Cc2cc(NC(=O)c3cc(=O)cc[nH]3)c(N3CCOCC3)cc2C1=O. The van der Waals surface area contributed by atoms with E-state index >= 15 is 0 Å². The molecule has 0 saturated carbocycles. The van der Waals surface area contributed by atoms with Crippen LogP contribution in [0.25, 0.3) is 0 Å². The van der Waals surface area contributed by atoms with E-state index in [2.05, 4.69) is 15.2 Å². The van der Waals surface area contributed by atoms with Gasteiger partial charge in [0.2, 0.25) is 0 Å². The molecular weight excluding hydrogens is 412 g/mol. The van der Waals surface area contributed by atoms with Crippen LogP contribution in [0.15, 0.2) is 35.3 Å². The summed E-state index contributed by atoms with van der Waals surface area (Å²) in [6.45, 7) is 6.69. The van der Waals surface area contributed by atoms with E-state index in [0.29, 0.717) is 57.1 Å². The molecule has 32 heavy (non-hydrogen) atoms. The number of rotatable bonds is 6. The molecule has 0 spiro atoms. The number of aliphatic hydroxyl groups is 1. The maximum Gasteiger partial charge on any atom is 0.272 e. The summed E-state index contributed by atoms with van der Waals surface area (Å²) >= 11 is 0. The van der Waals surface area contributed by atoms with Gasteiger partial charge in [-0.2, -0.15) is 0 Å². The third-order valence-corrected chi connectivity index (χ3v) is 5.71. The minimum Gasteiger partial charge on any atom is -0.390 e. The molecule has 1 aromatic heterocycles. The molecule has 9 heteroatoms. The average molecular weight is 441 g/mol. The smallest absolute Gasteiger partial charge is 0.272 e. The fraction of sp³-hybridized carbons (Fsp3) is 0.435. The number of hydrogen-bond acceptors (Lipinski definition) is 6. The first-order chi connectivity index (χ1) is 15.2. The molecule has 1 fully saturated rings. The van der Waals surface area contributed by atoms with E-state index in [4.69, 9.17) is 4.74 Å². The third-order valence-electron chi connectivity index (χ3n) is 5.71. The predicted molar refractivity (Wildman–Crippen MR) is 120 cm³/mol. The zero-order valence-corrected chi connectivity index (χ0v) is 18.3. The second-order valence-corrected chi connectivity index (χ2v) is 8.81. The van der Waals surface area contributed by atoms with E-state index < -0.39 is 11.5 Å². The second-order valence-electron chi connectivity index (χ2n) is 8.81. The van der Waals surface area contributed by atoms with Crippen LogP contribution in [0.3, 0.4) is 0 Å². The molecule has 3 N–H and O–H groups in total. The standard InChI is InChI=1S/C23H28N4O5/c1-23(2,31)4-6-27-14-15-11-18(25-21(29)19-12-16(28)3-5-24-19)20(13-17(15)22(27)30)26-7-9-32-10-8-26/h3,5,11-13,31H,4,6-10,14H2,1-2H3,(H,24,28)(H,25,29). The van der Waals surface area contributed by atoms with Crippen LogP contribution in [-0.4, -0.2) is 65.3 Å². The first-order valence-electron chi connectivity index (χ1n) is 10.7. The van der Waals surface area contributed by atoms with E-state index in [-0.39, 0.29) is 17.0 Å². The Hall–Kier alpha value is -3.17. The Labute approximate surface area is 186 Å². The molecule has 4 rings (SSSR count). The van der Waals surface area contributed by atoms with Crippen molar-refractivity contribution in [3.05, 3.63) is 57.5 Å². The molecule has 3 heterocycles. The summed E-state index contributed by atoms with van der Waals surface area (Å²) < 4.78 is 5.45. The largest absolute Gasteiger partial charge is 0.390 e. The first kappa shape index (κ1) is 22.0. The van der Waals surface area contributed by atoms with Crippen LogP contribution in [0.1, 0.15) is 46.7 Å². The normalized spacial score (nSPS) is 16.3. The van der Waals surface area contributed by atoms with Gasteiger partial charge in [0.15, 0.2) is 5.43 Å². The average Bonchev–Trinajstić information content (AvgIpc) is 3.06. The molecule has 0 atom stereocenters. The molecule has 2 aliphatic rings. The monoisotopic (exact) mass is 440 g/mol. The van der Waals surface area contributed by atoms with Gasteiger partial charge in [-0.3, -0.25) is 14.4 Å². The molecule has 0 aliphatic carbocycles. The van der Waals surface area contributed by atoms with Crippen LogP contribution in [0.4, 0.5) is 11.4 Å². The number of amides is 2. The van der Waals surface area contributed by atoms with Crippen molar-refractivity contribution in [2.45, 2.75) is 32.4 Å². The quantitative estimate of drug-likeness (QED) is 0.628. The summed E-state index contributed by atoms with van der Waals surface area (Å²) in [5, 5.41) is 12.9. The van der Waals surface area contributed by atoms with Gasteiger partial charge in [-0.1, -0.05) is 0 Å². The van der Waals surface area contributed by atoms with Crippen LogP contribution in [-0.2, 0) is 11.3 Å². The summed E-state index contributed by atoms with van der Waals surface area (Å²) in [7, 11) is 0. The molecule has 170 valence electrons. The zero-order chi connectivity index (χ0) is 22.9. The number of ether oxygens (including phenoxy) is 1. The van der Waals surface area contributed by atoms with Crippen LogP contribution in [0.2, 0.25) is 0 Å². The van der Waals surface area contributed by atoms with E-state index in [1.807, 2.05) is 12.1 Å². The van der Waals surface area contributed by atoms with Gasteiger partial charge in [-0.05, 0) is 38.0 Å². The molecular formula is C23H28N4O5. The third kappa shape index (κ3) is 4.84. The van der Waals surface area contributed by atoms with E-state index in [1.54, 1.807) is 18.7 Å². The van der Waals surface area contributed by atoms with Crippen molar-refractivity contribution in [1.82, 2.24) is 9.88 Å². The number of hydrogen-bond donors (Lipinski definition) is 3. The van der Waals surface area contributed by atoms with E-state index in [0.717, 1.165) is 11.3 Å². The van der Waals surface area contributed by atoms with Crippen molar-refractivity contribution in [1.29, 1.82) is 0 Å². The van der Waals surface area contributed by atoms with E-state index in [1.165, 1.54) is 18.3 Å². The number of aromatic amines is 1. The van der Waals surface area contributed by atoms with Gasteiger partial charge < -0.3 is 29.9 Å². The molecule has 1 aromatic carbocycles. The Morgan fingerprint density at radius 3 is 2.66 bits per heavy atom. The Morgan fingerprint density at radius 2 is 1.97 bits per heavy atom. The van der Waals surface area contributed by atoms with Gasteiger partial charge in [-0.15, -0.1) is 0 Å². The molecule has 2 amide bonds. The van der Waals surface area contributed by atoms with Crippen molar-refractivity contribution < 1.29 is 19.4 Å². The Balaban J connectivity index is 1.65. The topological polar surface area (TPSA) is 115 Å². The van der Waals surface area contributed by atoms with Gasteiger partial charge in [0.05, 0.1) is 30.2 Å². The molecule has 1 saturated heterocycles. The first-order valence-corrected chi connectivity index (χ1v) is 10.7. The molecule has 0 bridgehead atoms. The number of carbonyl (C=O) groups is 2. The number of carbonyl (C=O) groups excluding carboxylic acids is 2. The number of anilines is 2. The summed E-state index contributed by atoms with van der Waals surface area (Å²) in [4.78, 5) is 44.1. The lowest BCUT2D eigenvalue weighted by atomic mass is 10.1. The number of fused-ring (bicyclic) bond motifs is 1. The zero-order valence-electron chi connectivity index (χ0n) is 18.3. The highest BCUT2D eigenvalue weighted by molar-refractivity contribution is 6.06. The number of nitrogens with one attached hydrogen (secondary N) is 2. The van der Waals surface area contributed by atoms with Crippen LogP contribution in [0.5, 0.6) is 0 Å². The highest BCUT2D eigenvalue weighted by Crippen LogP contribution is 2.35. The van der Waals surface area contributed by atoms with E-state index in [9.17, 15) is 19.5 Å². The summed E-state index contributed by atoms with van der Waals surface area (Å²) in [6, 6.07) is 6.26. The lowest BCUT2D eigenvalue weighted by Crippen LogP contribution is -2.37. The maximum absolute atomic E-state index is 13.0. The summed E-state index contributed by atoms with van der Waals surface area (Å²) in [5.74, 6) is -0.510. The summed E-state index contributed by atoms with van der Waals surface area (Å²) in [5.41, 5.74) is 1.79. The fourth-order valence-electron chi connectivity index (χ4n) is 3.93. The van der Waals surface area contributed by atoms with Gasteiger partial charge >= 0.3 is 0 Å². The van der Waals surface area contributed by atoms with Crippen molar-refractivity contribution in [3.63, 3.8) is 0 Å². The van der Waals surface area contributed by atoms with Gasteiger partial charge in [0, 0.05) is 50.1 Å². The number of benzene rings is 1. The molecule has 2 aromatic rings. The highest BCUT2D eigenvalue weighted by Gasteiger charge is 2.31.